The van der Waals surface area contributed by atoms with Crippen LogP contribution in [0, 0.1) is 5.92 Å². The Morgan fingerprint density at radius 2 is 2.25 bits per heavy atom. The molecule has 1 aliphatic rings. The van der Waals surface area contributed by atoms with Crippen LogP contribution in [0.4, 0.5) is 0 Å². The summed E-state index contributed by atoms with van der Waals surface area (Å²) < 4.78 is 7.75. The molecule has 0 spiro atoms. The number of hydrogen-bond acceptors (Lipinski definition) is 3. The number of aliphatic hydroxyl groups excluding tert-OH is 1. The minimum Gasteiger partial charge on any atom is -0.392 e. The van der Waals surface area contributed by atoms with Crippen molar-refractivity contribution < 1.29 is 9.84 Å². The van der Waals surface area contributed by atoms with Crippen molar-refractivity contribution >= 4 is 11.0 Å². The number of nitrogens with zero attached hydrogens (tertiary/aromatic N) is 2. The number of para-hydroxylation sites is 2. The Labute approximate surface area is 119 Å². The van der Waals surface area contributed by atoms with E-state index >= 15 is 0 Å². The molecule has 0 aliphatic carbocycles. The van der Waals surface area contributed by atoms with Gasteiger partial charge in [-0.3, -0.25) is 0 Å². The summed E-state index contributed by atoms with van der Waals surface area (Å²) >= 11 is 0. The molecular weight excluding hydrogens is 252 g/mol. The number of benzene rings is 1. The minimum absolute atomic E-state index is 0.143. The van der Waals surface area contributed by atoms with Gasteiger partial charge in [0, 0.05) is 25.5 Å². The van der Waals surface area contributed by atoms with E-state index in [1.165, 1.54) is 0 Å². The highest BCUT2D eigenvalue weighted by molar-refractivity contribution is 5.75. The molecule has 1 aliphatic heterocycles. The van der Waals surface area contributed by atoms with Crippen molar-refractivity contribution in [2.45, 2.75) is 45.4 Å². The molecule has 20 heavy (non-hydrogen) atoms. The highest BCUT2D eigenvalue weighted by Gasteiger charge is 2.31. The fraction of sp³-hybridized carbons (Fsp3) is 0.562. The topological polar surface area (TPSA) is 47.3 Å². The van der Waals surface area contributed by atoms with Crippen LogP contribution in [0.5, 0.6) is 0 Å². The molecule has 1 aromatic carbocycles. The summed E-state index contributed by atoms with van der Waals surface area (Å²) in [6.07, 6.45) is 1.30. The van der Waals surface area contributed by atoms with Gasteiger partial charge >= 0.3 is 0 Å². The Morgan fingerprint density at radius 3 is 2.95 bits per heavy atom. The van der Waals surface area contributed by atoms with E-state index < -0.39 is 0 Å². The zero-order valence-corrected chi connectivity index (χ0v) is 12.1. The normalized spacial score (nSPS) is 24.4. The molecule has 1 N–H and O–H groups in total. The number of hydrogen-bond donors (Lipinski definition) is 1. The molecule has 2 aromatic rings. The van der Waals surface area contributed by atoms with Gasteiger partial charge < -0.3 is 14.4 Å². The summed E-state index contributed by atoms with van der Waals surface area (Å²) in [7, 11) is 0. The fourth-order valence-electron chi connectivity index (χ4n) is 3.23. The van der Waals surface area contributed by atoms with E-state index in [0.717, 1.165) is 36.4 Å². The molecule has 4 heteroatoms. The lowest BCUT2D eigenvalue weighted by atomic mass is 9.93. The highest BCUT2D eigenvalue weighted by atomic mass is 16.5. The lowest BCUT2D eigenvalue weighted by Gasteiger charge is -2.20. The van der Waals surface area contributed by atoms with Gasteiger partial charge in [-0.2, -0.15) is 0 Å². The number of imidazole rings is 1. The van der Waals surface area contributed by atoms with E-state index in [0.29, 0.717) is 6.42 Å². The summed E-state index contributed by atoms with van der Waals surface area (Å²) in [5.74, 6) is 1.19. The third-order valence-electron chi connectivity index (χ3n) is 4.37. The zero-order valence-electron chi connectivity index (χ0n) is 12.1. The van der Waals surface area contributed by atoms with E-state index in [2.05, 4.69) is 22.5 Å². The second-order valence-electron chi connectivity index (χ2n) is 5.56. The van der Waals surface area contributed by atoms with Crippen LogP contribution in [-0.2, 0) is 17.7 Å². The number of aliphatic hydroxyl groups is 1. The second kappa shape index (κ2) is 5.54. The van der Waals surface area contributed by atoms with E-state index in [9.17, 15) is 5.11 Å². The molecular formula is C16H22N2O2. The molecule has 2 heterocycles. The molecule has 0 saturated carbocycles. The van der Waals surface area contributed by atoms with Crippen molar-refractivity contribution in [3.8, 4) is 0 Å². The standard InChI is InChI=1S/C16H22N2O2/c1-3-18-14-7-5-4-6-13(14)17-16(18)10-15(19)12-8-9-20-11(12)2/h4-7,11-12,15,19H,3,8-10H2,1-2H3. The van der Waals surface area contributed by atoms with Gasteiger partial charge in [-0.15, -0.1) is 0 Å². The van der Waals surface area contributed by atoms with Gasteiger partial charge in [-0.1, -0.05) is 12.1 Å². The average molecular weight is 274 g/mol. The van der Waals surface area contributed by atoms with Crippen molar-refractivity contribution in [2.75, 3.05) is 6.61 Å². The maximum absolute atomic E-state index is 10.5. The first-order valence-corrected chi connectivity index (χ1v) is 7.44. The monoisotopic (exact) mass is 274 g/mol. The average Bonchev–Trinajstić information content (AvgIpc) is 3.01. The zero-order chi connectivity index (χ0) is 14.1. The number of ether oxygens (including phenoxy) is 1. The summed E-state index contributed by atoms with van der Waals surface area (Å²) in [6.45, 7) is 5.79. The molecule has 4 nitrogen and oxygen atoms in total. The number of fused-ring (bicyclic) bond motifs is 1. The van der Waals surface area contributed by atoms with Gasteiger partial charge in [0.25, 0.3) is 0 Å². The van der Waals surface area contributed by atoms with Gasteiger partial charge in [0.2, 0.25) is 0 Å². The Balaban J connectivity index is 1.86. The number of aromatic nitrogens is 2. The van der Waals surface area contributed by atoms with Crippen molar-refractivity contribution in [2.24, 2.45) is 5.92 Å². The van der Waals surface area contributed by atoms with E-state index in [4.69, 9.17) is 4.74 Å². The van der Waals surface area contributed by atoms with Crippen LogP contribution >= 0.6 is 0 Å². The third kappa shape index (κ3) is 2.34. The molecule has 3 atom stereocenters. The Bertz CT molecular complexity index is 593. The van der Waals surface area contributed by atoms with Crippen LogP contribution in [0.3, 0.4) is 0 Å². The summed E-state index contributed by atoms with van der Waals surface area (Å²) in [5, 5.41) is 10.5. The fourth-order valence-corrected chi connectivity index (χ4v) is 3.23. The van der Waals surface area contributed by atoms with Crippen molar-refractivity contribution in [3.63, 3.8) is 0 Å². The minimum atomic E-state index is -0.380. The molecule has 1 saturated heterocycles. The van der Waals surface area contributed by atoms with Crippen LogP contribution in [0.25, 0.3) is 11.0 Å². The quantitative estimate of drug-likeness (QED) is 0.931. The number of rotatable bonds is 4. The van der Waals surface area contributed by atoms with Crippen molar-refractivity contribution in [1.29, 1.82) is 0 Å². The molecule has 3 unspecified atom stereocenters. The number of aryl methyl sites for hydroxylation is 1. The molecule has 108 valence electrons. The molecule has 3 rings (SSSR count). The van der Waals surface area contributed by atoms with Gasteiger partial charge in [0.05, 0.1) is 23.2 Å². The van der Waals surface area contributed by atoms with E-state index in [1.807, 2.05) is 25.1 Å². The molecule has 1 aromatic heterocycles. The van der Waals surface area contributed by atoms with Crippen LogP contribution in [0.15, 0.2) is 24.3 Å². The Morgan fingerprint density at radius 1 is 1.45 bits per heavy atom. The van der Waals surface area contributed by atoms with E-state index in [-0.39, 0.29) is 18.1 Å². The molecule has 1 fully saturated rings. The van der Waals surface area contributed by atoms with Crippen LogP contribution < -0.4 is 0 Å². The summed E-state index contributed by atoms with van der Waals surface area (Å²) in [5.41, 5.74) is 2.15. The Hall–Kier alpha value is -1.39. The maximum atomic E-state index is 10.5. The van der Waals surface area contributed by atoms with Gasteiger partial charge in [0.15, 0.2) is 0 Å². The lowest BCUT2D eigenvalue weighted by molar-refractivity contribution is 0.0428. The predicted octanol–water partition coefficient (Wildman–Crippen LogP) is 2.38. The van der Waals surface area contributed by atoms with Crippen molar-refractivity contribution in [3.05, 3.63) is 30.1 Å². The molecule has 0 amide bonds. The SMILES string of the molecule is CCn1c(CC(O)C2CCOC2C)nc2ccccc21. The van der Waals surface area contributed by atoms with E-state index in [1.54, 1.807) is 0 Å². The first-order valence-electron chi connectivity index (χ1n) is 7.44. The first kappa shape index (κ1) is 13.6. The maximum Gasteiger partial charge on any atom is 0.112 e. The molecule has 0 bridgehead atoms. The van der Waals surface area contributed by atoms with Crippen LogP contribution in [0.1, 0.15) is 26.1 Å². The first-order chi connectivity index (χ1) is 9.70. The van der Waals surface area contributed by atoms with Gasteiger partial charge in [-0.05, 0) is 32.4 Å². The Kier molecular flexibility index (Phi) is 3.76. The highest BCUT2D eigenvalue weighted by Crippen LogP contribution is 2.26. The van der Waals surface area contributed by atoms with Gasteiger partial charge in [-0.25, -0.2) is 4.98 Å². The smallest absolute Gasteiger partial charge is 0.112 e. The third-order valence-corrected chi connectivity index (χ3v) is 4.37. The predicted molar refractivity (Wildman–Crippen MR) is 78.6 cm³/mol. The largest absolute Gasteiger partial charge is 0.392 e. The summed E-state index contributed by atoms with van der Waals surface area (Å²) in [6, 6.07) is 8.15. The van der Waals surface area contributed by atoms with Crippen molar-refractivity contribution in [1.82, 2.24) is 9.55 Å². The van der Waals surface area contributed by atoms with Crippen LogP contribution in [-0.4, -0.2) is 33.5 Å². The molecule has 0 radical (unpaired) electrons. The summed E-state index contributed by atoms with van der Waals surface area (Å²) in [4.78, 5) is 4.68. The lowest BCUT2D eigenvalue weighted by Crippen LogP contribution is -2.29. The second-order valence-corrected chi connectivity index (χ2v) is 5.56. The van der Waals surface area contributed by atoms with Gasteiger partial charge in [0.1, 0.15) is 5.82 Å². The van der Waals surface area contributed by atoms with Crippen LogP contribution in [0.2, 0.25) is 0 Å².